The summed E-state index contributed by atoms with van der Waals surface area (Å²) in [5, 5.41) is 3.87. The molecule has 110 valence electrons. The zero-order valence-corrected chi connectivity index (χ0v) is 12.2. The molecule has 3 aromatic rings. The quantitative estimate of drug-likeness (QED) is 0.803. The third-order valence-electron chi connectivity index (χ3n) is 3.45. The number of pyridine rings is 1. The van der Waals surface area contributed by atoms with Gasteiger partial charge in [0.1, 0.15) is 5.75 Å². The number of aromatic nitrogens is 1. The van der Waals surface area contributed by atoms with E-state index in [2.05, 4.69) is 10.3 Å². The molecule has 4 nitrogen and oxygen atoms in total. The molecule has 0 spiro atoms. The number of carbonyl (C=O) groups excluding carboxylic acids is 1. The van der Waals surface area contributed by atoms with Crippen molar-refractivity contribution in [3.05, 3.63) is 71.9 Å². The van der Waals surface area contributed by atoms with Gasteiger partial charge < -0.3 is 10.1 Å². The van der Waals surface area contributed by atoms with E-state index in [0.717, 1.165) is 22.2 Å². The van der Waals surface area contributed by atoms with Gasteiger partial charge in [0.05, 0.1) is 12.6 Å². The number of benzene rings is 2. The van der Waals surface area contributed by atoms with E-state index in [1.54, 1.807) is 19.4 Å². The van der Waals surface area contributed by atoms with Crippen molar-refractivity contribution in [2.24, 2.45) is 0 Å². The maximum absolute atomic E-state index is 12.3. The fourth-order valence-corrected chi connectivity index (χ4v) is 2.28. The van der Waals surface area contributed by atoms with Crippen molar-refractivity contribution in [1.29, 1.82) is 0 Å². The van der Waals surface area contributed by atoms with Gasteiger partial charge in [-0.15, -0.1) is 0 Å². The topological polar surface area (TPSA) is 51.2 Å². The van der Waals surface area contributed by atoms with E-state index in [1.807, 2.05) is 48.5 Å². The molecule has 4 heteroatoms. The molecular weight excluding hydrogens is 276 g/mol. The van der Waals surface area contributed by atoms with Gasteiger partial charge in [-0.1, -0.05) is 18.2 Å². The summed E-state index contributed by atoms with van der Waals surface area (Å²) >= 11 is 0. The summed E-state index contributed by atoms with van der Waals surface area (Å²) in [6.07, 6.45) is 1.74. The normalized spacial score (nSPS) is 10.4. The lowest BCUT2D eigenvalue weighted by molar-refractivity contribution is 0.0951. The average molecular weight is 292 g/mol. The minimum Gasteiger partial charge on any atom is -0.497 e. The summed E-state index contributed by atoms with van der Waals surface area (Å²) in [5.74, 6) is 0.678. The standard InChI is InChI=1S/C18H16N2O2/c1-22-16-6-2-4-13(10-16)12-20-18(21)15-7-8-17-14(11-15)5-3-9-19-17/h2-11H,12H2,1H3,(H,20,21). The molecule has 3 rings (SSSR count). The van der Waals surface area contributed by atoms with Crippen LogP contribution in [0.1, 0.15) is 15.9 Å². The van der Waals surface area contributed by atoms with Gasteiger partial charge >= 0.3 is 0 Å². The molecule has 0 atom stereocenters. The van der Waals surface area contributed by atoms with Crippen molar-refractivity contribution >= 4 is 16.8 Å². The molecule has 0 unspecified atom stereocenters. The number of methoxy groups -OCH3 is 1. The van der Waals surface area contributed by atoms with Gasteiger partial charge in [0.25, 0.3) is 5.91 Å². The van der Waals surface area contributed by atoms with Crippen molar-refractivity contribution in [3.8, 4) is 5.75 Å². The Labute approximate surface area is 128 Å². The summed E-state index contributed by atoms with van der Waals surface area (Å²) in [5.41, 5.74) is 2.50. The van der Waals surface area contributed by atoms with Crippen LogP contribution in [0.15, 0.2) is 60.8 Å². The number of nitrogens with one attached hydrogen (secondary N) is 1. The molecule has 2 aromatic carbocycles. The van der Waals surface area contributed by atoms with E-state index in [4.69, 9.17) is 4.74 Å². The minimum absolute atomic E-state index is 0.103. The maximum Gasteiger partial charge on any atom is 0.251 e. The van der Waals surface area contributed by atoms with E-state index < -0.39 is 0 Å². The van der Waals surface area contributed by atoms with E-state index in [9.17, 15) is 4.79 Å². The van der Waals surface area contributed by atoms with Gasteiger partial charge in [0.2, 0.25) is 0 Å². The van der Waals surface area contributed by atoms with Crippen LogP contribution >= 0.6 is 0 Å². The van der Waals surface area contributed by atoms with Crippen molar-refractivity contribution in [2.75, 3.05) is 7.11 Å². The highest BCUT2D eigenvalue weighted by Crippen LogP contribution is 2.14. The fourth-order valence-electron chi connectivity index (χ4n) is 2.28. The molecule has 0 fully saturated rings. The molecule has 0 radical (unpaired) electrons. The highest BCUT2D eigenvalue weighted by molar-refractivity contribution is 5.97. The molecule has 1 N–H and O–H groups in total. The zero-order valence-electron chi connectivity index (χ0n) is 12.2. The first-order chi connectivity index (χ1) is 10.8. The second-order valence-corrected chi connectivity index (χ2v) is 4.95. The lowest BCUT2D eigenvalue weighted by Gasteiger charge is -2.07. The fraction of sp³-hybridized carbons (Fsp3) is 0.111. The number of amides is 1. The Bertz CT molecular complexity index is 815. The van der Waals surface area contributed by atoms with Crippen LogP contribution < -0.4 is 10.1 Å². The Kier molecular flexibility index (Phi) is 4.01. The van der Waals surface area contributed by atoms with Crippen LogP contribution in [0, 0.1) is 0 Å². The van der Waals surface area contributed by atoms with Crippen molar-refractivity contribution < 1.29 is 9.53 Å². The first kappa shape index (κ1) is 14.1. The summed E-state index contributed by atoms with van der Waals surface area (Å²) in [6, 6.07) is 16.9. The first-order valence-corrected chi connectivity index (χ1v) is 7.02. The molecule has 22 heavy (non-hydrogen) atoms. The molecular formula is C18H16N2O2. The lowest BCUT2D eigenvalue weighted by atomic mass is 10.1. The number of nitrogens with zero attached hydrogens (tertiary/aromatic N) is 1. The van der Waals surface area contributed by atoms with Crippen LogP contribution in [-0.2, 0) is 6.54 Å². The number of ether oxygens (including phenoxy) is 1. The molecule has 0 saturated heterocycles. The summed E-state index contributed by atoms with van der Waals surface area (Å²) in [4.78, 5) is 16.5. The predicted octanol–water partition coefficient (Wildman–Crippen LogP) is 3.17. The second-order valence-electron chi connectivity index (χ2n) is 4.95. The van der Waals surface area contributed by atoms with Crippen LogP contribution in [0.5, 0.6) is 5.75 Å². The highest BCUT2D eigenvalue weighted by Gasteiger charge is 2.06. The number of hydrogen-bond donors (Lipinski definition) is 1. The molecule has 1 heterocycles. The van der Waals surface area contributed by atoms with Crippen molar-refractivity contribution in [2.45, 2.75) is 6.54 Å². The smallest absolute Gasteiger partial charge is 0.251 e. The van der Waals surface area contributed by atoms with Gasteiger partial charge in [-0.3, -0.25) is 9.78 Å². The Hall–Kier alpha value is -2.88. The predicted molar refractivity (Wildman–Crippen MR) is 85.9 cm³/mol. The van der Waals surface area contributed by atoms with Gasteiger partial charge in [0, 0.05) is 23.7 Å². The van der Waals surface area contributed by atoms with Crippen molar-refractivity contribution in [1.82, 2.24) is 10.3 Å². The Balaban J connectivity index is 1.72. The van der Waals surface area contributed by atoms with Crippen LogP contribution in [-0.4, -0.2) is 18.0 Å². The van der Waals surface area contributed by atoms with E-state index >= 15 is 0 Å². The Morgan fingerprint density at radius 1 is 1.14 bits per heavy atom. The molecule has 1 amide bonds. The molecule has 0 aliphatic carbocycles. The van der Waals surface area contributed by atoms with Crippen LogP contribution in [0.4, 0.5) is 0 Å². The maximum atomic E-state index is 12.3. The van der Waals surface area contributed by atoms with E-state index in [0.29, 0.717) is 12.1 Å². The lowest BCUT2D eigenvalue weighted by Crippen LogP contribution is -2.22. The molecule has 0 aliphatic heterocycles. The second kappa shape index (κ2) is 6.26. The van der Waals surface area contributed by atoms with Crippen LogP contribution in [0.25, 0.3) is 10.9 Å². The van der Waals surface area contributed by atoms with Crippen LogP contribution in [0.2, 0.25) is 0 Å². The van der Waals surface area contributed by atoms with Crippen LogP contribution in [0.3, 0.4) is 0 Å². The SMILES string of the molecule is COc1cccc(CNC(=O)c2ccc3ncccc3c2)c1. The number of hydrogen-bond acceptors (Lipinski definition) is 3. The van der Waals surface area contributed by atoms with Gasteiger partial charge in [0.15, 0.2) is 0 Å². The van der Waals surface area contributed by atoms with Gasteiger partial charge in [-0.25, -0.2) is 0 Å². The summed E-state index contributed by atoms with van der Waals surface area (Å²) in [7, 11) is 1.63. The molecule has 0 bridgehead atoms. The Morgan fingerprint density at radius 3 is 2.91 bits per heavy atom. The van der Waals surface area contributed by atoms with Crippen molar-refractivity contribution in [3.63, 3.8) is 0 Å². The molecule has 0 aliphatic rings. The average Bonchev–Trinajstić information content (AvgIpc) is 2.59. The summed E-state index contributed by atoms with van der Waals surface area (Å²) in [6.45, 7) is 0.459. The van der Waals surface area contributed by atoms with Gasteiger partial charge in [-0.2, -0.15) is 0 Å². The third-order valence-corrected chi connectivity index (χ3v) is 3.45. The monoisotopic (exact) mass is 292 g/mol. The first-order valence-electron chi connectivity index (χ1n) is 7.02. The Morgan fingerprint density at radius 2 is 2.05 bits per heavy atom. The molecule has 0 saturated carbocycles. The third kappa shape index (κ3) is 3.06. The highest BCUT2D eigenvalue weighted by atomic mass is 16.5. The largest absolute Gasteiger partial charge is 0.497 e. The number of fused-ring (bicyclic) bond motifs is 1. The minimum atomic E-state index is -0.103. The summed E-state index contributed by atoms with van der Waals surface area (Å²) < 4.78 is 5.17. The van der Waals surface area contributed by atoms with E-state index in [-0.39, 0.29) is 5.91 Å². The number of rotatable bonds is 4. The van der Waals surface area contributed by atoms with Gasteiger partial charge in [-0.05, 0) is 42.0 Å². The number of carbonyl (C=O) groups is 1. The van der Waals surface area contributed by atoms with E-state index in [1.165, 1.54) is 0 Å². The zero-order chi connectivity index (χ0) is 15.4. The molecule has 1 aromatic heterocycles.